The molecule has 2 heterocycles. The minimum Gasteiger partial charge on any atom is -0.493 e. The van der Waals surface area contributed by atoms with Crippen LogP contribution in [0.3, 0.4) is 0 Å². The predicted molar refractivity (Wildman–Crippen MR) is 99.4 cm³/mol. The summed E-state index contributed by atoms with van der Waals surface area (Å²) in [4.78, 5) is 11.8. The van der Waals surface area contributed by atoms with Gasteiger partial charge in [0.2, 0.25) is 10.0 Å². The van der Waals surface area contributed by atoms with Crippen LogP contribution in [0.5, 0.6) is 5.75 Å². The van der Waals surface area contributed by atoms with E-state index in [9.17, 15) is 13.2 Å². The molecule has 3 rings (SSSR count). The largest absolute Gasteiger partial charge is 0.493 e. The SMILES string of the molecule is CCCN(Cc1ccco1)S(=O)(=O)c1ccc(OC)c2oc(C(C)=O)cc12. The van der Waals surface area contributed by atoms with Gasteiger partial charge in [0.25, 0.3) is 0 Å². The molecule has 0 aliphatic carbocycles. The van der Waals surface area contributed by atoms with Crippen molar-refractivity contribution in [3.8, 4) is 5.75 Å². The number of methoxy groups -OCH3 is 1. The first-order valence-corrected chi connectivity index (χ1v) is 9.96. The van der Waals surface area contributed by atoms with Crippen LogP contribution in [-0.2, 0) is 16.6 Å². The monoisotopic (exact) mass is 391 g/mol. The number of hydrogen-bond acceptors (Lipinski definition) is 6. The predicted octanol–water partition coefficient (Wildman–Crippen LogP) is 3.84. The van der Waals surface area contributed by atoms with Crippen LogP contribution < -0.4 is 4.74 Å². The first-order valence-electron chi connectivity index (χ1n) is 8.52. The molecule has 0 radical (unpaired) electrons. The van der Waals surface area contributed by atoms with E-state index >= 15 is 0 Å². The van der Waals surface area contributed by atoms with Gasteiger partial charge in [-0.3, -0.25) is 4.79 Å². The number of ether oxygens (including phenoxy) is 1. The average molecular weight is 391 g/mol. The van der Waals surface area contributed by atoms with Crippen LogP contribution >= 0.6 is 0 Å². The zero-order valence-corrected chi connectivity index (χ0v) is 16.2. The smallest absolute Gasteiger partial charge is 0.244 e. The molecule has 7 nitrogen and oxygen atoms in total. The summed E-state index contributed by atoms with van der Waals surface area (Å²) in [5.41, 5.74) is 0.234. The molecule has 0 unspecified atom stereocenters. The van der Waals surface area contributed by atoms with Crippen LogP contribution in [0.15, 0.2) is 50.3 Å². The Bertz CT molecular complexity index is 1050. The molecule has 0 bridgehead atoms. The lowest BCUT2D eigenvalue weighted by Gasteiger charge is -2.21. The molecule has 0 aliphatic rings. The van der Waals surface area contributed by atoms with E-state index in [4.69, 9.17) is 13.6 Å². The van der Waals surface area contributed by atoms with Gasteiger partial charge in [0.05, 0.1) is 24.8 Å². The second-order valence-electron chi connectivity index (χ2n) is 6.09. The Morgan fingerprint density at radius 3 is 2.63 bits per heavy atom. The summed E-state index contributed by atoms with van der Waals surface area (Å²) in [5.74, 6) is 0.703. The molecule has 0 aliphatic heterocycles. The molecule has 27 heavy (non-hydrogen) atoms. The Morgan fingerprint density at radius 1 is 1.26 bits per heavy atom. The van der Waals surface area contributed by atoms with Crippen LogP contribution in [0.4, 0.5) is 0 Å². The van der Waals surface area contributed by atoms with E-state index < -0.39 is 10.0 Å². The maximum atomic E-state index is 13.4. The average Bonchev–Trinajstić information content (AvgIpc) is 3.29. The summed E-state index contributed by atoms with van der Waals surface area (Å²) >= 11 is 0. The number of furan rings is 2. The molecule has 0 atom stereocenters. The van der Waals surface area contributed by atoms with Gasteiger partial charge in [0.1, 0.15) is 5.76 Å². The number of Topliss-reactive ketones (excluding diaryl/α,β-unsaturated/α-hetero) is 1. The van der Waals surface area contributed by atoms with E-state index in [-0.39, 0.29) is 28.6 Å². The minimum atomic E-state index is -3.86. The van der Waals surface area contributed by atoms with Gasteiger partial charge in [0, 0.05) is 18.9 Å². The molecular weight excluding hydrogens is 370 g/mol. The lowest BCUT2D eigenvalue weighted by Crippen LogP contribution is -2.31. The number of carbonyl (C=O) groups is 1. The van der Waals surface area contributed by atoms with Gasteiger partial charge in [-0.15, -0.1) is 0 Å². The second kappa shape index (κ2) is 7.58. The molecule has 144 valence electrons. The zero-order valence-electron chi connectivity index (χ0n) is 15.4. The normalized spacial score (nSPS) is 12.0. The summed E-state index contributed by atoms with van der Waals surface area (Å²) in [7, 11) is -2.40. The van der Waals surface area contributed by atoms with Gasteiger partial charge in [-0.2, -0.15) is 4.31 Å². The van der Waals surface area contributed by atoms with Crippen molar-refractivity contribution in [1.82, 2.24) is 4.31 Å². The maximum absolute atomic E-state index is 13.4. The number of benzene rings is 1. The van der Waals surface area contributed by atoms with Crippen LogP contribution in [0.1, 0.15) is 36.6 Å². The Kier molecular flexibility index (Phi) is 5.38. The highest BCUT2D eigenvalue weighted by atomic mass is 32.2. The van der Waals surface area contributed by atoms with Gasteiger partial charge in [-0.25, -0.2) is 8.42 Å². The van der Waals surface area contributed by atoms with Gasteiger partial charge < -0.3 is 13.6 Å². The van der Waals surface area contributed by atoms with Crippen LogP contribution in [0, 0.1) is 0 Å². The lowest BCUT2D eigenvalue weighted by molar-refractivity contribution is 0.0989. The first kappa shape index (κ1) is 19.2. The number of carbonyl (C=O) groups excluding carboxylic acids is 1. The molecule has 0 N–H and O–H groups in total. The number of sulfonamides is 1. The summed E-state index contributed by atoms with van der Waals surface area (Å²) < 4.78 is 44.2. The van der Waals surface area contributed by atoms with Crippen molar-refractivity contribution in [1.29, 1.82) is 0 Å². The number of ketones is 1. The summed E-state index contributed by atoms with van der Waals surface area (Å²) in [6, 6.07) is 7.89. The number of fused-ring (bicyclic) bond motifs is 1. The number of nitrogens with zero attached hydrogens (tertiary/aromatic N) is 1. The van der Waals surface area contributed by atoms with E-state index in [1.807, 2.05) is 6.92 Å². The Labute approximate surface area is 157 Å². The molecule has 0 fully saturated rings. The molecule has 2 aromatic heterocycles. The van der Waals surface area contributed by atoms with Gasteiger partial charge in [-0.05, 0) is 36.8 Å². The third-order valence-corrected chi connectivity index (χ3v) is 6.08. The fourth-order valence-electron chi connectivity index (χ4n) is 2.88. The highest BCUT2D eigenvalue weighted by Crippen LogP contribution is 2.35. The van der Waals surface area contributed by atoms with E-state index in [1.54, 1.807) is 12.1 Å². The number of hydrogen-bond donors (Lipinski definition) is 0. The fourth-order valence-corrected chi connectivity index (χ4v) is 4.55. The number of rotatable bonds is 8. The van der Waals surface area contributed by atoms with E-state index in [0.29, 0.717) is 29.9 Å². The third kappa shape index (κ3) is 3.63. The van der Waals surface area contributed by atoms with Crippen molar-refractivity contribution in [3.05, 3.63) is 48.1 Å². The summed E-state index contributed by atoms with van der Waals surface area (Å²) in [6.45, 7) is 3.71. The molecule has 8 heteroatoms. The molecule has 0 spiro atoms. The van der Waals surface area contributed by atoms with Gasteiger partial charge in [0.15, 0.2) is 22.9 Å². The maximum Gasteiger partial charge on any atom is 0.244 e. The van der Waals surface area contributed by atoms with Crippen molar-refractivity contribution >= 4 is 26.8 Å². The van der Waals surface area contributed by atoms with Crippen molar-refractivity contribution in [2.75, 3.05) is 13.7 Å². The fraction of sp³-hybridized carbons (Fsp3) is 0.316. The van der Waals surface area contributed by atoms with E-state index in [2.05, 4.69) is 0 Å². The molecule has 3 aromatic rings. The summed E-state index contributed by atoms with van der Waals surface area (Å²) in [5, 5.41) is 0.320. The minimum absolute atomic E-state index is 0.0644. The zero-order chi connectivity index (χ0) is 19.6. The molecular formula is C19H21NO6S. The van der Waals surface area contributed by atoms with Crippen LogP contribution in [-0.4, -0.2) is 32.2 Å². The van der Waals surface area contributed by atoms with Crippen LogP contribution in [0.25, 0.3) is 11.0 Å². The molecule has 1 aromatic carbocycles. The van der Waals surface area contributed by atoms with Crippen LogP contribution in [0.2, 0.25) is 0 Å². The topological polar surface area (TPSA) is 90.0 Å². The van der Waals surface area contributed by atoms with Crippen molar-refractivity contribution < 1.29 is 26.8 Å². The van der Waals surface area contributed by atoms with Crippen molar-refractivity contribution in [2.45, 2.75) is 31.7 Å². The molecule has 0 saturated heterocycles. The van der Waals surface area contributed by atoms with Crippen molar-refractivity contribution in [3.63, 3.8) is 0 Å². The Balaban J connectivity index is 2.14. The lowest BCUT2D eigenvalue weighted by atomic mass is 10.2. The molecule has 0 amide bonds. The standard InChI is InChI=1S/C19H21NO6S/c1-4-9-20(12-14-6-5-10-25-14)27(22,23)18-8-7-16(24-3)19-15(18)11-17(26-19)13(2)21/h5-8,10-11H,4,9,12H2,1-3H3. The third-order valence-electron chi connectivity index (χ3n) is 4.18. The first-order chi connectivity index (χ1) is 12.9. The summed E-state index contributed by atoms with van der Waals surface area (Å²) in [6.07, 6.45) is 2.15. The molecule has 0 saturated carbocycles. The van der Waals surface area contributed by atoms with Gasteiger partial charge in [-0.1, -0.05) is 6.92 Å². The Hall–Kier alpha value is -2.58. The second-order valence-corrected chi connectivity index (χ2v) is 8.00. The van der Waals surface area contributed by atoms with Gasteiger partial charge >= 0.3 is 0 Å². The highest BCUT2D eigenvalue weighted by Gasteiger charge is 2.29. The quantitative estimate of drug-likeness (QED) is 0.542. The van der Waals surface area contributed by atoms with E-state index in [1.165, 1.54) is 42.8 Å². The Morgan fingerprint density at radius 2 is 2.04 bits per heavy atom. The van der Waals surface area contributed by atoms with Crippen molar-refractivity contribution in [2.24, 2.45) is 0 Å². The van der Waals surface area contributed by atoms with E-state index in [0.717, 1.165) is 0 Å². The highest BCUT2D eigenvalue weighted by molar-refractivity contribution is 7.89.